The molecule has 1 amide bonds. The minimum absolute atomic E-state index is 0.0110. The molecule has 0 atom stereocenters. The number of fused-ring (bicyclic) bond motifs is 1. The molecule has 0 radical (unpaired) electrons. The molecule has 0 spiro atoms. The van der Waals surface area contributed by atoms with Gasteiger partial charge >= 0.3 is 0 Å². The summed E-state index contributed by atoms with van der Waals surface area (Å²) >= 11 is 0. The summed E-state index contributed by atoms with van der Waals surface area (Å²) in [5, 5.41) is 3.26. The van der Waals surface area contributed by atoms with Gasteiger partial charge in [-0.25, -0.2) is 4.98 Å². The van der Waals surface area contributed by atoms with Crippen molar-refractivity contribution in [3.63, 3.8) is 0 Å². The van der Waals surface area contributed by atoms with Gasteiger partial charge in [0.25, 0.3) is 0 Å². The Morgan fingerprint density at radius 2 is 1.58 bits per heavy atom. The number of hydrogen-bond acceptors (Lipinski definition) is 4. The van der Waals surface area contributed by atoms with Crippen LogP contribution >= 0.6 is 0 Å². The van der Waals surface area contributed by atoms with Gasteiger partial charge in [0.15, 0.2) is 5.78 Å². The van der Waals surface area contributed by atoms with Gasteiger partial charge in [0.2, 0.25) is 11.3 Å². The Hall–Kier alpha value is -4.06. The summed E-state index contributed by atoms with van der Waals surface area (Å²) in [6, 6.07) is 16.2. The summed E-state index contributed by atoms with van der Waals surface area (Å²) in [6.45, 7) is 7.52. The molecule has 0 saturated carbocycles. The van der Waals surface area contributed by atoms with E-state index in [4.69, 9.17) is 0 Å². The second-order valence-corrected chi connectivity index (χ2v) is 8.33. The number of carbonyl (C=O) groups excluding carboxylic acids is 2. The third-order valence-electron chi connectivity index (χ3n) is 5.68. The molecule has 0 aliphatic carbocycles. The minimum Gasteiger partial charge on any atom is -0.324 e. The number of rotatable bonds is 5. The average Bonchev–Trinajstić information content (AvgIpc) is 2.78. The summed E-state index contributed by atoms with van der Waals surface area (Å²) in [6.07, 6.45) is 1.45. The maximum absolute atomic E-state index is 13.2. The monoisotopic (exact) mass is 439 g/mol. The Balaban J connectivity index is 1.78. The van der Waals surface area contributed by atoms with Crippen LogP contribution in [0.4, 0.5) is 5.69 Å². The standard InChI is InChI=1S/C27H25N3O3/c1-16-8-11-20(12-9-16)25(32)22-14-30(27-21(26(22)33)13-10-19(4)28-27)15-23(31)29-24-17(2)6-5-7-18(24)3/h5-14H,15H2,1-4H3,(H,29,31). The Morgan fingerprint density at radius 3 is 2.24 bits per heavy atom. The number of benzene rings is 2. The molecule has 6 nitrogen and oxygen atoms in total. The maximum atomic E-state index is 13.2. The number of aromatic nitrogens is 2. The van der Waals surface area contributed by atoms with Crippen molar-refractivity contribution in [3.8, 4) is 0 Å². The first-order valence-corrected chi connectivity index (χ1v) is 10.7. The first kappa shape index (κ1) is 22.1. The number of aryl methyl sites for hydroxylation is 4. The lowest BCUT2D eigenvalue weighted by Gasteiger charge is -2.15. The number of para-hydroxylation sites is 1. The zero-order valence-electron chi connectivity index (χ0n) is 19.1. The molecule has 0 bridgehead atoms. The van der Waals surface area contributed by atoms with Gasteiger partial charge in [0.05, 0.1) is 10.9 Å². The van der Waals surface area contributed by atoms with E-state index in [-0.39, 0.29) is 23.8 Å². The van der Waals surface area contributed by atoms with E-state index >= 15 is 0 Å². The van der Waals surface area contributed by atoms with Crippen LogP contribution in [-0.2, 0) is 11.3 Å². The molecule has 166 valence electrons. The quantitative estimate of drug-likeness (QED) is 0.464. The van der Waals surface area contributed by atoms with E-state index in [1.165, 1.54) is 6.20 Å². The van der Waals surface area contributed by atoms with Gasteiger partial charge in [-0.2, -0.15) is 0 Å². The van der Waals surface area contributed by atoms with Crippen LogP contribution in [0.1, 0.15) is 38.3 Å². The molecule has 33 heavy (non-hydrogen) atoms. The summed E-state index contributed by atoms with van der Waals surface area (Å²) in [5.74, 6) is -0.652. The predicted octanol–water partition coefficient (Wildman–Crippen LogP) is 4.50. The molecule has 2 aromatic heterocycles. The molecule has 6 heteroatoms. The fourth-order valence-corrected chi connectivity index (χ4v) is 3.85. The largest absolute Gasteiger partial charge is 0.324 e. The summed E-state index contributed by atoms with van der Waals surface area (Å²) < 4.78 is 1.58. The number of anilines is 1. The first-order chi connectivity index (χ1) is 15.7. The van der Waals surface area contributed by atoms with Crippen LogP contribution in [0.2, 0.25) is 0 Å². The molecule has 0 saturated heterocycles. The van der Waals surface area contributed by atoms with Crippen LogP contribution in [0.25, 0.3) is 11.0 Å². The normalized spacial score (nSPS) is 10.9. The van der Waals surface area contributed by atoms with E-state index in [0.717, 1.165) is 22.4 Å². The first-order valence-electron chi connectivity index (χ1n) is 10.7. The van der Waals surface area contributed by atoms with E-state index in [0.29, 0.717) is 22.3 Å². The second kappa shape index (κ2) is 8.82. The van der Waals surface area contributed by atoms with E-state index in [1.807, 2.05) is 58.0 Å². The second-order valence-electron chi connectivity index (χ2n) is 8.33. The summed E-state index contributed by atoms with van der Waals surface area (Å²) in [4.78, 5) is 43.8. The van der Waals surface area contributed by atoms with Crippen molar-refractivity contribution < 1.29 is 9.59 Å². The van der Waals surface area contributed by atoms with Crippen LogP contribution in [0, 0.1) is 27.7 Å². The van der Waals surface area contributed by atoms with Crippen molar-refractivity contribution >= 4 is 28.4 Å². The molecule has 2 heterocycles. The smallest absolute Gasteiger partial charge is 0.244 e. The third-order valence-corrected chi connectivity index (χ3v) is 5.68. The van der Waals surface area contributed by atoms with Crippen molar-refractivity contribution in [2.45, 2.75) is 34.2 Å². The van der Waals surface area contributed by atoms with Crippen LogP contribution in [-0.4, -0.2) is 21.2 Å². The number of nitrogens with one attached hydrogen (secondary N) is 1. The molecule has 4 rings (SSSR count). The number of hydrogen-bond donors (Lipinski definition) is 1. The third kappa shape index (κ3) is 4.46. The van der Waals surface area contributed by atoms with Crippen LogP contribution < -0.4 is 10.7 Å². The Labute approximate surface area is 191 Å². The number of amides is 1. The van der Waals surface area contributed by atoms with Gasteiger partial charge in [0.1, 0.15) is 12.2 Å². The van der Waals surface area contributed by atoms with Gasteiger partial charge in [-0.05, 0) is 51.0 Å². The highest BCUT2D eigenvalue weighted by atomic mass is 16.2. The number of pyridine rings is 2. The zero-order valence-corrected chi connectivity index (χ0v) is 19.1. The van der Waals surface area contributed by atoms with Crippen LogP contribution in [0.3, 0.4) is 0 Å². The van der Waals surface area contributed by atoms with E-state index in [9.17, 15) is 14.4 Å². The molecular formula is C27H25N3O3. The minimum atomic E-state index is -0.394. The van der Waals surface area contributed by atoms with Crippen LogP contribution in [0.15, 0.2) is 65.6 Å². The molecule has 0 aliphatic heterocycles. The van der Waals surface area contributed by atoms with Crippen molar-refractivity contribution in [1.29, 1.82) is 0 Å². The average molecular weight is 440 g/mol. The molecule has 0 aliphatic rings. The summed E-state index contributed by atoms with van der Waals surface area (Å²) in [5.41, 5.74) is 4.81. The van der Waals surface area contributed by atoms with Crippen molar-refractivity contribution in [2.75, 3.05) is 5.32 Å². The van der Waals surface area contributed by atoms with E-state index in [2.05, 4.69) is 10.3 Å². The van der Waals surface area contributed by atoms with Crippen molar-refractivity contribution in [3.05, 3.63) is 105 Å². The molecule has 0 fully saturated rings. The number of nitrogens with zero attached hydrogens (tertiary/aromatic N) is 2. The van der Waals surface area contributed by atoms with E-state index < -0.39 is 5.43 Å². The topological polar surface area (TPSA) is 81.1 Å². The predicted molar refractivity (Wildman–Crippen MR) is 130 cm³/mol. The molecular weight excluding hydrogens is 414 g/mol. The van der Waals surface area contributed by atoms with Crippen molar-refractivity contribution in [1.82, 2.24) is 9.55 Å². The molecule has 2 aromatic carbocycles. The Kier molecular flexibility index (Phi) is 5.92. The lowest BCUT2D eigenvalue weighted by atomic mass is 10.0. The van der Waals surface area contributed by atoms with Gasteiger partial charge in [-0.1, -0.05) is 48.0 Å². The maximum Gasteiger partial charge on any atom is 0.244 e. The molecule has 1 N–H and O–H groups in total. The lowest BCUT2D eigenvalue weighted by molar-refractivity contribution is -0.116. The number of ketones is 1. The molecule has 0 unspecified atom stereocenters. The zero-order chi connectivity index (χ0) is 23.7. The van der Waals surface area contributed by atoms with Gasteiger partial charge in [0, 0.05) is 23.1 Å². The lowest BCUT2D eigenvalue weighted by Crippen LogP contribution is -2.25. The fraction of sp³-hybridized carbons (Fsp3) is 0.185. The van der Waals surface area contributed by atoms with Crippen molar-refractivity contribution in [2.24, 2.45) is 0 Å². The number of carbonyl (C=O) groups is 2. The fourth-order valence-electron chi connectivity index (χ4n) is 3.85. The van der Waals surface area contributed by atoms with Gasteiger partial charge in [-0.3, -0.25) is 14.4 Å². The SMILES string of the molecule is Cc1ccc(C(=O)c2cn(CC(=O)Nc3c(C)cccc3C)c3nc(C)ccc3c2=O)cc1. The Bertz CT molecular complexity index is 1430. The van der Waals surface area contributed by atoms with Gasteiger partial charge < -0.3 is 9.88 Å². The summed E-state index contributed by atoms with van der Waals surface area (Å²) in [7, 11) is 0. The highest BCUT2D eigenvalue weighted by Gasteiger charge is 2.19. The van der Waals surface area contributed by atoms with E-state index in [1.54, 1.807) is 28.8 Å². The highest BCUT2D eigenvalue weighted by molar-refractivity contribution is 6.10. The molecule has 4 aromatic rings. The highest BCUT2D eigenvalue weighted by Crippen LogP contribution is 2.20. The van der Waals surface area contributed by atoms with Crippen LogP contribution in [0.5, 0.6) is 0 Å². The Morgan fingerprint density at radius 1 is 0.909 bits per heavy atom. The van der Waals surface area contributed by atoms with Gasteiger partial charge in [-0.15, -0.1) is 0 Å².